The molecule has 3 rings (SSSR count). The number of halogens is 1. The monoisotopic (exact) mass is 402 g/mol. The van der Waals surface area contributed by atoms with E-state index in [9.17, 15) is 9.59 Å². The Morgan fingerprint density at radius 1 is 1.25 bits per heavy atom. The molecule has 1 unspecified atom stereocenters. The lowest BCUT2D eigenvalue weighted by atomic mass is 10.0. The summed E-state index contributed by atoms with van der Waals surface area (Å²) in [7, 11) is 0. The summed E-state index contributed by atoms with van der Waals surface area (Å²) >= 11 is 6.11. The van der Waals surface area contributed by atoms with Gasteiger partial charge in [0.05, 0.1) is 12.3 Å². The van der Waals surface area contributed by atoms with Crippen LogP contribution in [0.1, 0.15) is 27.7 Å². The molecule has 0 bridgehead atoms. The van der Waals surface area contributed by atoms with Crippen LogP contribution in [0.3, 0.4) is 0 Å². The van der Waals surface area contributed by atoms with Crippen LogP contribution in [-0.4, -0.2) is 30.1 Å². The lowest BCUT2D eigenvalue weighted by Gasteiger charge is -2.41. The van der Waals surface area contributed by atoms with Gasteiger partial charge < -0.3 is 14.8 Å². The normalized spacial score (nSPS) is 16.0. The zero-order chi connectivity index (χ0) is 20.5. The molecule has 0 radical (unpaired) electrons. The molecule has 1 N–H and O–H groups in total. The Bertz CT molecular complexity index is 896. The van der Waals surface area contributed by atoms with Crippen molar-refractivity contribution in [2.75, 3.05) is 16.8 Å². The van der Waals surface area contributed by atoms with Gasteiger partial charge in [-0.3, -0.25) is 14.5 Å². The van der Waals surface area contributed by atoms with Crippen LogP contribution in [0.15, 0.2) is 42.5 Å². The number of hydrogen-bond acceptors (Lipinski definition) is 4. The molecule has 148 valence electrons. The number of carbonyl (C=O) groups is 2. The van der Waals surface area contributed by atoms with Crippen molar-refractivity contribution in [3.63, 3.8) is 0 Å². The summed E-state index contributed by atoms with van der Waals surface area (Å²) in [5.41, 5.74) is 0.00637. The number of amides is 2. The highest BCUT2D eigenvalue weighted by atomic mass is 35.5. The van der Waals surface area contributed by atoms with Gasteiger partial charge in [0.15, 0.2) is 5.60 Å². The highest BCUT2D eigenvalue weighted by molar-refractivity contribution is 6.31. The maximum atomic E-state index is 13.0. The molecular weight excluding hydrogens is 380 g/mol. The van der Waals surface area contributed by atoms with Crippen molar-refractivity contribution in [1.82, 2.24) is 0 Å². The summed E-state index contributed by atoms with van der Waals surface area (Å²) in [4.78, 5) is 27.3. The molecule has 6 nitrogen and oxygen atoms in total. The van der Waals surface area contributed by atoms with Crippen molar-refractivity contribution in [3.05, 3.63) is 47.5 Å². The van der Waals surface area contributed by atoms with Gasteiger partial charge in [-0.15, -0.1) is 0 Å². The van der Waals surface area contributed by atoms with Crippen molar-refractivity contribution in [3.8, 4) is 11.5 Å². The van der Waals surface area contributed by atoms with E-state index in [1.54, 1.807) is 63.2 Å². The number of benzene rings is 2. The summed E-state index contributed by atoms with van der Waals surface area (Å²) in [6, 6.07) is 11.3. The summed E-state index contributed by atoms with van der Waals surface area (Å²) < 4.78 is 11.2. The van der Waals surface area contributed by atoms with Crippen molar-refractivity contribution in [2.24, 2.45) is 0 Å². The van der Waals surface area contributed by atoms with Gasteiger partial charge in [0, 0.05) is 10.7 Å². The summed E-state index contributed by atoms with van der Waals surface area (Å²) in [6.07, 6.45) is 0. The van der Waals surface area contributed by atoms with E-state index in [0.717, 1.165) is 5.75 Å². The predicted octanol–water partition coefficient (Wildman–Crippen LogP) is 4.27. The molecule has 1 heterocycles. The van der Waals surface area contributed by atoms with Crippen LogP contribution in [0.25, 0.3) is 0 Å². The molecule has 28 heavy (non-hydrogen) atoms. The van der Waals surface area contributed by atoms with Crippen molar-refractivity contribution >= 4 is 34.8 Å². The van der Waals surface area contributed by atoms with Gasteiger partial charge in [0.25, 0.3) is 5.91 Å². The van der Waals surface area contributed by atoms with Crippen molar-refractivity contribution < 1.29 is 19.1 Å². The zero-order valence-electron chi connectivity index (χ0n) is 16.3. The molecule has 2 aromatic rings. The third-order valence-corrected chi connectivity index (χ3v) is 4.71. The maximum Gasteiger partial charge on any atom is 0.271 e. The highest BCUT2D eigenvalue weighted by Crippen LogP contribution is 2.40. The van der Waals surface area contributed by atoms with E-state index in [1.165, 1.54) is 4.90 Å². The summed E-state index contributed by atoms with van der Waals surface area (Å²) in [6.45, 7) is 7.50. The summed E-state index contributed by atoms with van der Waals surface area (Å²) in [5, 5.41) is 3.30. The molecule has 0 aromatic heterocycles. The Kier molecular flexibility index (Phi) is 5.52. The second-order valence-corrected chi connectivity index (χ2v) is 7.46. The second kappa shape index (κ2) is 7.72. The first-order valence-corrected chi connectivity index (χ1v) is 9.46. The Labute approximate surface area is 169 Å². The molecule has 7 heteroatoms. The first-order valence-electron chi connectivity index (χ1n) is 9.09. The molecule has 1 aliphatic heterocycles. The first kappa shape index (κ1) is 20.0. The first-order chi connectivity index (χ1) is 13.2. The average molecular weight is 403 g/mol. The van der Waals surface area contributed by atoms with Gasteiger partial charge in [0.2, 0.25) is 5.91 Å². The largest absolute Gasteiger partial charge is 0.494 e. The Morgan fingerprint density at radius 2 is 1.93 bits per heavy atom. The van der Waals surface area contributed by atoms with E-state index in [0.29, 0.717) is 28.8 Å². The summed E-state index contributed by atoms with van der Waals surface area (Å²) in [5.74, 6) is 0.606. The fraction of sp³-hybridized carbons (Fsp3) is 0.333. The molecular formula is C21H23ClN2O4. The Balaban J connectivity index is 1.85. The number of rotatable bonds is 5. The van der Waals surface area contributed by atoms with Gasteiger partial charge in [-0.25, -0.2) is 0 Å². The lowest BCUT2D eigenvalue weighted by Crippen LogP contribution is -2.57. The maximum absolute atomic E-state index is 13.0. The SMILES string of the molecule is CCOc1ccc(NC(=O)C(C)N2C(=O)C(C)(C)Oc3ccc(Cl)cc32)cc1. The number of ether oxygens (including phenoxy) is 2. The van der Waals surface area contributed by atoms with E-state index in [4.69, 9.17) is 21.1 Å². The third-order valence-electron chi connectivity index (χ3n) is 4.48. The molecule has 0 aliphatic carbocycles. The number of anilines is 2. The standard InChI is InChI=1S/C21H23ClN2O4/c1-5-27-16-9-7-15(8-10-16)23-19(25)13(2)24-17-12-14(22)6-11-18(17)28-21(3,4)20(24)26/h6-13H,5H2,1-4H3,(H,23,25). The number of nitrogens with zero attached hydrogens (tertiary/aromatic N) is 1. The fourth-order valence-electron chi connectivity index (χ4n) is 3.03. The average Bonchev–Trinajstić information content (AvgIpc) is 2.64. The van der Waals surface area contributed by atoms with Crippen LogP contribution >= 0.6 is 11.6 Å². The minimum absolute atomic E-state index is 0.309. The van der Waals surface area contributed by atoms with Crippen LogP contribution in [0.4, 0.5) is 11.4 Å². The molecule has 0 saturated heterocycles. The Hall–Kier alpha value is -2.73. The number of carbonyl (C=O) groups excluding carboxylic acids is 2. The number of hydrogen-bond donors (Lipinski definition) is 1. The van der Waals surface area contributed by atoms with Gasteiger partial charge in [-0.1, -0.05) is 11.6 Å². The molecule has 0 fully saturated rings. The smallest absolute Gasteiger partial charge is 0.271 e. The van der Waals surface area contributed by atoms with E-state index in [1.807, 2.05) is 6.92 Å². The highest BCUT2D eigenvalue weighted by Gasteiger charge is 2.44. The molecule has 2 aromatic carbocycles. The number of nitrogens with one attached hydrogen (secondary N) is 1. The van der Waals surface area contributed by atoms with Gasteiger partial charge >= 0.3 is 0 Å². The van der Waals surface area contributed by atoms with Gasteiger partial charge in [-0.2, -0.15) is 0 Å². The van der Waals surface area contributed by atoms with Crippen molar-refractivity contribution in [1.29, 1.82) is 0 Å². The van der Waals surface area contributed by atoms with E-state index >= 15 is 0 Å². The minimum Gasteiger partial charge on any atom is -0.494 e. The quantitative estimate of drug-likeness (QED) is 0.810. The van der Waals surface area contributed by atoms with Crippen molar-refractivity contribution in [2.45, 2.75) is 39.3 Å². The van der Waals surface area contributed by atoms with Crippen LogP contribution in [-0.2, 0) is 9.59 Å². The third kappa shape index (κ3) is 3.92. The van der Waals surface area contributed by atoms with Crippen LogP contribution < -0.4 is 19.7 Å². The lowest BCUT2D eigenvalue weighted by molar-refractivity contribution is -0.134. The van der Waals surface area contributed by atoms with Crippen LogP contribution in [0.5, 0.6) is 11.5 Å². The van der Waals surface area contributed by atoms with E-state index in [-0.39, 0.29) is 11.8 Å². The van der Waals surface area contributed by atoms with Crippen LogP contribution in [0, 0.1) is 0 Å². The Morgan fingerprint density at radius 3 is 2.57 bits per heavy atom. The molecule has 1 aliphatic rings. The molecule has 0 saturated carbocycles. The zero-order valence-corrected chi connectivity index (χ0v) is 17.0. The molecule has 0 spiro atoms. The topological polar surface area (TPSA) is 67.9 Å². The van der Waals surface area contributed by atoms with E-state index in [2.05, 4.69) is 5.32 Å². The second-order valence-electron chi connectivity index (χ2n) is 7.02. The number of fused-ring (bicyclic) bond motifs is 1. The molecule has 1 atom stereocenters. The predicted molar refractivity (Wildman–Crippen MR) is 109 cm³/mol. The minimum atomic E-state index is -1.09. The van der Waals surface area contributed by atoms with Gasteiger partial charge in [-0.05, 0) is 70.2 Å². The fourth-order valence-corrected chi connectivity index (χ4v) is 3.20. The van der Waals surface area contributed by atoms with E-state index < -0.39 is 11.6 Å². The van der Waals surface area contributed by atoms with Crippen LogP contribution in [0.2, 0.25) is 5.02 Å². The molecule has 2 amide bonds. The van der Waals surface area contributed by atoms with Gasteiger partial charge in [0.1, 0.15) is 17.5 Å².